The number of benzene rings is 1. The Bertz CT molecular complexity index is 639. The Kier molecular flexibility index (Phi) is 6.23. The molecular formula is C11H3Cl4IO4. The van der Waals surface area contributed by atoms with Crippen LogP contribution in [0.15, 0.2) is 0 Å². The molecule has 0 bridgehead atoms. The summed E-state index contributed by atoms with van der Waals surface area (Å²) in [4.78, 5) is 23.2. The van der Waals surface area contributed by atoms with Crippen molar-refractivity contribution in [2.45, 2.75) is 4.11 Å². The van der Waals surface area contributed by atoms with Gasteiger partial charge in [0.05, 0.1) is 31.2 Å². The van der Waals surface area contributed by atoms with Crippen molar-refractivity contribution in [2.24, 2.45) is 0 Å². The number of carboxylic acids is 1. The highest BCUT2D eigenvalue weighted by molar-refractivity contribution is 14.1. The van der Waals surface area contributed by atoms with Crippen LogP contribution in [0.3, 0.4) is 0 Å². The second-order valence-corrected chi connectivity index (χ2v) is 5.84. The molecule has 1 atom stereocenters. The third-order valence-corrected chi connectivity index (χ3v) is 4.44. The van der Waals surface area contributed by atoms with E-state index in [0.29, 0.717) is 0 Å². The van der Waals surface area contributed by atoms with Gasteiger partial charge in [-0.25, -0.2) is 9.59 Å². The minimum atomic E-state index is -1.51. The van der Waals surface area contributed by atoms with Crippen molar-refractivity contribution < 1.29 is 19.4 Å². The average Bonchev–Trinajstić information content (AvgIpc) is 2.39. The average molecular weight is 468 g/mol. The molecule has 1 aromatic carbocycles. The Morgan fingerprint density at radius 1 is 1.10 bits per heavy atom. The summed E-state index contributed by atoms with van der Waals surface area (Å²) in [5, 5.41) is 7.83. The Balaban J connectivity index is 3.57. The number of carbonyl (C=O) groups excluding carboxylic acids is 1. The number of esters is 1. The van der Waals surface area contributed by atoms with Crippen LogP contribution in [-0.4, -0.2) is 21.2 Å². The highest BCUT2D eigenvalue weighted by Gasteiger charge is 2.30. The van der Waals surface area contributed by atoms with Crippen molar-refractivity contribution in [1.29, 1.82) is 0 Å². The maximum atomic E-state index is 11.9. The molecule has 0 aliphatic heterocycles. The van der Waals surface area contributed by atoms with Gasteiger partial charge >= 0.3 is 11.9 Å². The Morgan fingerprint density at radius 3 is 1.95 bits per heavy atom. The Labute approximate surface area is 147 Å². The first-order valence-corrected chi connectivity index (χ1v) is 7.38. The van der Waals surface area contributed by atoms with E-state index in [4.69, 9.17) is 62.7 Å². The summed E-state index contributed by atoms with van der Waals surface area (Å²) in [6.45, 7) is 0. The Morgan fingerprint density at radius 2 is 1.55 bits per heavy atom. The van der Waals surface area contributed by atoms with E-state index >= 15 is 0 Å². The second kappa shape index (κ2) is 7.05. The summed E-state index contributed by atoms with van der Waals surface area (Å²) in [6, 6.07) is 0. The number of carbonyl (C=O) groups is 2. The highest BCUT2D eigenvalue weighted by atomic mass is 127. The lowest BCUT2D eigenvalue weighted by Crippen LogP contribution is -2.16. The predicted octanol–water partition coefficient (Wildman–Crippen LogP) is 4.55. The van der Waals surface area contributed by atoms with Gasteiger partial charge in [0.25, 0.3) is 0 Å². The van der Waals surface area contributed by atoms with Gasteiger partial charge in [-0.15, -0.1) is 6.42 Å². The molecule has 0 fully saturated rings. The van der Waals surface area contributed by atoms with Gasteiger partial charge in [-0.05, 0) is 22.6 Å². The second-order valence-electron chi connectivity index (χ2n) is 3.20. The monoisotopic (exact) mass is 466 g/mol. The van der Waals surface area contributed by atoms with Crippen LogP contribution >= 0.6 is 69.0 Å². The van der Waals surface area contributed by atoms with E-state index in [9.17, 15) is 9.59 Å². The maximum Gasteiger partial charge on any atom is 0.342 e. The largest absolute Gasteiger partial charge is 0.478 e. The van der Waals surface area contributed by atoms with Gasteiger partial charge in [-0.3, -0.25) is 0 Å². The summed E-state index contributed by atoms with van der Waals surface area (Å²) in [5.41, 5.74) is -1.10. The molecule has 1 N–H and O–H groups in total. The molecule has 4 nitrogen and oxygen atoms in total. The normalized spacial score (nSPS) is 11.6. The fourth-order valence-corrected chi connectivity index (χ4v) is 2.45. The van der Waals surface area contributed by atoms with E-state index in [0.717, 1.165) is 0 Å². The van der Waals surface area contributed by atoms with Crippen molar-refractivity contribution in [3.05, 3.63) is 31.2 Å². The quantitative estimate of drug-likeness (QED) is 0.177. The number of rotatable bonds is 3. The van der Waals surface area contributed by atoms with E-state index < -0.39 is 32.2 Å². The summed E-state index contributed by atoms with van der Waals surface area (Å²) in [6.07, 6.45) is 5.06. The number of hydrogen-bond acceptors (Lipinski definition) is 3. The molecule has 0 aromatic heterocycles. The molecule has 9 heteroatoms. The number of ether oxygens (including phenoxy) is 1. The fraction of sp³-hybridized carbons (Fsp3) is 0.0909. The fourth-order valence-electron chi connectivity index (χ4n) is 1.21. The molecule has 0 radical (unpaired) electrons. The third kappa shape index (κ3) is 3.43. The molecule has 0 spiro atoms. The molecule has 1 unspecified atom stereocenters. The number of halogens is 5. The summed E-state index contributed by atoms with van der Waals surface area (Å²) in [7, 11) is 0. The van der Waals surface area contributed by atoms with Gasteiger partial charge in [0.1, 0.15) is 0 Å². The molecule has 0 aliphatic carbocycles. The summed E-state index contributed by atoms with van der Waals surface area (Å²) in [5.74, 6) is -0.436. The maximum absolute atomic E-state index is 11.9. The van der Waals surface area contributed by atoms with Crippen LogP contribution in [0, 0.1) is 12.3 Å². The lowest BCUT2D eigenvalue weighted by atomic mass is 10.1. The van der Waals surface area contributed by atoms with Crippen molar-refractivity contribution in [3.8, 4) is 12.3 Å². The van der Waals surface area contributed by atoms with E-state index in [1.54, 1.807) is 22.6 Å². The first kappa shape index (κ1) is 17.7. The number of carboxylic acid groups (broad SMARTS) is 1. The van der Waals surface area contributed by atoms with Gasteiger partial charge in [-0.2, -0.15) is 0 Å². The smallest absolute Gasteiger partial charge is 0.342 e. The molecular weight excluding hydrogens is 465 g/mol. The molecule has 106 valence electrons. The lowest BCUT2D eigenvalue weighted by Gasteiger charge is -2.13. The number of aromatic carboxylic acids is 1. The van der Waals surface area contributed by atoms with Gasteiger partial charge in [0.15, 0.2) is 0 Å². The number of alkyl halides is 1. The molecule has 0 saturated heterocycles. The molecule has 1 rings (SSSR count). The first-order chi connectivity index (χ1) is 9.22. The SMILES string of the molecule is C#CC(I)OC(=O)c1c(Cl)c(Cl)c(Cl)c(Cl)c1C(=O)O. The zero-order valence-corrected chi connectivity index (χ0v) is 14.4. The highest BCUT2D eigenvalue weighted by Crippen LogP contribution is 2.41. The molecule has 0 heterocycles. The van der Waals surface area contributed by atoms with Crippen LogP contribution in [0.1, 0.15) is 20.7 Å². The van der Waals surface area contributed by atoms with Crippen LogP contribution in [-0.2, 0) is 4.74 Å². The van der Waals surface area contributed by atoms with E-state index in [1.807, 2.05) is 0 Å². The number of hydrogen-bond donors (Lipinski definition) is 1. The van der Waals surface area contributed by atoms with Crippen LogP contribution in [0.5, 0.6) is 0 Å². The minimum Gasteiger partial charge on any atom is -0.478 e. The zero-order chi connectivity index (χ0) is 15.6. The summed E-state index contributed by atoms with van der Waals surface area (Å²) >= 11 is 24.8. The van der Waals surface area contributed by atoms with Gasteiger partial charge in [0, 0.05) is 0 Å². The molecule has 20 heavy (non-hydrogen) atoms. The van der Waals surface area contributed by atoms with Crippen molar-refractivity contribution in [3.63, 3.8) is 0 Å². The molecule has 1 aromatic rings. The minimum absolute atomic E-state index is 0.249. The molecule has 0 aliphatic rings. The summed E-state index contributed by atoms with van der Waals surface area (Å²) < 4.78 is 3.90. The Hall–Kier alpha value is -0.390. The predicted molar refractivity (Wildman–Crippen MR) is 85.5 cm³/mol. The van der Waals surface area contributed by atoms with Gasteiger partial charge in [0.2, 0.25) is 4.11 Å². The van der Waals surface area contributed by atoms with Gasteiger partial charge < -0.3 is 9.84 Å². The van der Waals surface area contributed by atoms with Crippen molar-refractivity contribution in [1.82, 2.24) is 0 Å². The van der Waals surface area contributed by atoms with E-state index in [-0.39, 0.29) is 15.1 Å². The standard InChI is InChI=1S/C11H3Cl4IO4/c1-2-3(16)20-11(19)5-4(10(17)18)6(12)8(14)9(15)7(5)13/h1,3H,(H,17,18). The molecule has 0 amide bonds. The van der Waals surface area contributed by atoms with Crippen LogP contribution in [0.4, 0.5) is 0 Å². The van der Waals surface area contributed by atoms with E-state index in [2.05, 4.69) is 5.92 Å². The molecule has 0 saturated carbocycles. The van der Waals surface area contributed by atoms with Crippen LogP contribution in [0.2, 0.25) is 20.1 Å². The zero-order valence-electron chi connectivity index (χ0n) is 9.22. The van der Waals surface area contributed by atoms with Crippen molar-refractivity contribution >= 4 is 80.9 Å². The number of terminal acetylenes is 1. The van der Waals surface area contributed by atoms with Crippen LogP contribution in [0.25, 0.3) is 0 Å². The first-order valence-electron chi connectivity index (χ1n) is 4.62. The van der Waals surface area contributed by atoms with Gasteiger partial charge in [-0.1, -0.05) is 52.3 Å². The van der Waals surface area contributed by atoms with Crippen LogP contribution < -0.4 is 0 Å². The topological polar surface area (TPSA) is 63.6 Å². The third-order valence-electron chi connectivity index (χ3n) is 2.03. The lowest BCUT2D eigenvalue weighted by molar-refractivity contribution is 0.0525. The van der Waals surface area contributed by atoms with E-state index in [1.165, 1.54) is 0 Å². The van der Waals surface area contributed by atoms with Crippen molar-refractivity contribution in [2.75, 3.05) is 0 Å².